The first-order chi connectivity index (χ1) is 10.0. The Morgan fingerprint density at radius 1 is 1.38 bits per heavy atom. The number of halogens is 1. The topological polar surface area (TPSA) is 58.6 Å². The number of aryl methyl sites for hydroxylation is 1. The Hall–Kier alpha value is -1.26. The molecule has 1 aliphatic rings. The van der Waals surface area contributed by atoms with Gasteiger partial charge in [0.1, 0.15) is 5.75 Å². The molecule has 2 N–H and O–H groups in total. The number of aliphatic hydroxyl groups is 1. The summed E-state index contributed by atoms with van der Waals surface area (Å²) in [6, 6.07) is 5.30. The van der Waals surface area contributed by atoms with E-state index < -0.39 is 5.54 Å². The lowest BCUT2D eigenvalue weighted by atomic mass is 9.82. The number of aliphatic hydroxyl groups excluding tert-OH is 1. The van der Waals surface area contributed by atoms with Crippen LogP contribution in [0.2, 0.25) is 5.02 Å². The molecule has 21 heavy (non-hydrogen) atoms. The zero-order valence-electron chi connectivity index (χ0n) is 12.3. The molecule has 4 nitrogen and oxygen atoms in total. The third-order valence-electron chi connectivity index (χ3n) is 4.02. The number of ether oxygens (including phenoxy) is 1. The molecule has 116 valence electrons. The van der Waals surface area contributed by atoms with Crippen molar-refractivity contribution >= 4 is 17.5 Å². The molecule has 2 rings (SSSR count). The Labute approximate surface area is 130 Å². The highest BCUT2D eigenvalue weighted by Crippen LogP contribution is 2.27. The lowest BCUT2D eigenvalue weighted by molar-refractivity contribution is -0.126. The zero-order valence-corrected chi connectivity index (χ0v) is 13.1. The van der Waals surface area contributed by atoms with Gasteiger partial charge in [0.05, 0.1) is 12.1 Å². The molecular formula is C16H22ClNO3. The van der Waals surface area contributed by atoms with Crippen LogP contribution in [-0.4, -0.2) is 29.8 Å². The number of carbonyl (C=O) groups excluding carboxylic acids is 1. The van der Waals surface area contributed by atoms with Crippen molar-refractivity contribution in [1.82, 2.24) is 5.32 Å². The minimum Gasteiger partial charge on any atom is -0.484 e. The first-order valence-corrected chi connectivity index (χ1v) is 7.73. The van der Waals surface area contributed by atoms with Crippen LogP contribution in [0.15, 0.2) is 18.2 Å². The molecule has 0 aromatic heterocycles. The van der Waals surface area contributed by atoms with Crippen LogP contribution >= 0.6 is 11.6 Å². The van der Waals surface area contributed by atoms with E-state index in [1.807, 2.05) is 6.92 Å². The second kappa shape index (κ2) is 7.14. The van der Waals surface area contributed by atoms with E-state index >= 15 is 0 Å². The summed E-state index contributed by atoms with van der Waals surface area (Å²) in [5.41, 5.74) is 0.447. The lowest BCUT2D eigenvalue weighted by Crippen LogP contribution is -2.53. The summed E-state index contributed by atoms with van der Waals surface area (Å²) in [7, 11) is 0. The van der Waals surface area contributed by atoms with Gasteiger partial charge in [0.2, 0.25) is 0 Å². The van der Waals surface area contributed by atoms with Crippen molar-refractivity contribution in [2.75, 3.05) is 13.2 Å². The number of benzene rings is 1. The van der Waals surface area contributed by atoms with Crippen LogP contribution in [-0.2, 0) is 4.79 Å². The Kier molecular flexibility index (Phi) is 5.48. The van der Waals surface area contributed by atoms with Crippen molar-refractivity contribution in [3.8, 4) is 5.75 Å². The molecular weight excluding hydrogens is 290 g/mol. The van der Waals surface area contributed by atoms with E-state index in [0.717, 1.165) is 37.7 Å². The van der Waals surface area contributed by atoms with Gasteiger partial charge in [0, 0.05) is 5.02 Å². The van der Waals surface area contributed by atoms with Gasteiger partial charge in [-0.1, -0.05) is 30.9 Å². The number of carbonyl (C=O) groups is 1. The molecule has 0 heterocycles. The molecule has 0 bridgehead atoms. The molecule has 0 unspecified atom stereocenters. The molecule has 1 saturated carbocycles. The van der Waals surface area contributed by atoms with Gasteiger partial charge in [-0.25, -0.2) is 0 Å². The fraction of sp³-hybridized carbons (Fsp3) is 0.562. The first-order valence-electron chi connectivity index (χ1n) is 7.35. The minimum absolute atomic E-state index is 0.0151. The van der Waals surface area contributed by atoms with Crippen LogP contribution < -0.4 is 10.1 Å². The minimum atomic E-state index is -0.464. The molecule has 0 spiro atoms. The predicted octanol–water partition coefficient (Wildman–Crippen LogP) is 2.84. The molecule has 0 atom stereocenters. The monoisotopic (exact) mass is 311 g/mol. The van der Waals surface area contributed by atoms with Crippen LogP contribution in [0.3, 0.4) is 0 Å². The zero-order chi connectivity index (χ0) is 15.3. The van der Waals surface area contributed by atoms with Gasteiger partial charge in [-0.05, 0) is 43.5 Å². The van der Waals surface area contributed by atoms with E-state index in [0.29, 0.717) is 10.8 Å². The van der Waals surface area contributed by atoms with E-state index in [9.17, 15) is 9.90 Å². The van der Waals surface area contributed by atoms with E-state index in [2.05, 4.69) is 5.32 Å². The summed E-state index contributed by atoms with van der Waals surface area (Å²) >= 11 is 5.95. The summed E-state index contributed by atoms with van der Waals surface area (Å²) in [6.45, 7) is 1.82. The quantitative estimate of drug-likeness (QED) is 0.879. The van der Waals surface area contributed by atoms with E-state index in [1.165, 1.54) is 0 Å². The van der Waals surface area contributed by atoms with Gasteiger partial charge in [-0.2, -0.15) is 0 Å². The molecule has 0 aliphatic heterocycles. The number of rotatable bonds is 5. The van der Waals surface area contributed by atoms with Gasteiger partial charge in [-0.3, -0.25) is 4.79 Å². The SMILES string of the molecule is Cc1cc(OCC(=O)NC2(CO)CCCCC2)ccc1Cl. The van der Waals surface area contributed by atoms with Gasteiger partial charge in [-0.15, -0.1) is 0 Å². The summed E-state index contributed by atoms with van der Waals surface area (Å²) < 4.78 is 5.48. The Morgan fingerprint density at radius 2 is 2.10 bits per heavy atom. The first kappa shape index (κ1) is 16.1. The summed E-state index contributed by atoms with van der Waals surface area (Å²) in [5, 5.41) is 13.2. The smallest absolute Gasteiger partial charge is 0.258 e. The van der Waals surface area contributed by atoms with Gasteiger partial charge < -0.3 is 15.2 Å². The molecule has 1 aromatic carbocycles. The fourth-order valence-corrected chi connectivity index (χ4v) is 2.86. The Morgan fingerprint density at radius 3 is 2.71 bits per heavy atom. The van der Waals surface area contributed by atoms with Crippen LogP contribution in [0.5, 0.6) is 5.75 Å². The van der Waals surface area contributed by atoms with Crippen LogP contribution in [0.1, 0.15) is 37.7 Å². The van der Waals surface area contributed by atoms with Crippen molar-refractivity contribution < 1.29 is 14.6 Å². The number of amides is 1. The van der Waals surface area contributed by atoms with Gasteiger partial charge in [0.25, 0.3) is 5.91 Å². The second-order valence-corrected chi connectivity index (χ2v) is 6.15. The van der Waals surface area contributed by atoms with Crippen molar-refractivity contribution in [2.24, 2.45) is 0 Å². The van der Waals surface area contributed by atoms with Crippen LogP contribution in [0, 0.1) is 6.92 Å². The predicted molar refractivity (Wildman–Crippen MR) is 82.7 cm³/mol. The van der Waals surface area contributed by atoms with Crippen LogP contribution in [0.25, 0.3) is 0 Å². The third-order valence-corrected chi connectivity index (χ3v) is 4.44. The molecule has 0 radical (unpaired) electrons. The Bertz CT molecular complexity index is 498. The highest BCUT2D eigenvalue weighted by atomic mass is 35.5. The Balaban J connectivity index is 1.87. The number of nitrogens with one attached hydrogen (secondary N) is 1. The van der Waals surface area contributed by atoms with Crippen molar-refractivity contribution in [3.05, 3.63) is 28.8 Å². The average Bonchev–Trinajstić information content (AvgIpc) is 2.49. The molecule has 1 fully saturated rings. The molecule has 1 aromatic rings. The summed E-state index contributed by atoms with van der Waals surface area (Å²) in [5.74, 6) is 0.423. The van der Waals surface area contributed by atoms with E-state index in [1.54, 1.807) is 18.2 Å². The third kappa shape index (κ3) is 4.35. The van der Waals surface area contributed by atoms with Crippen molar-refractivity contribution in [1.29, 1.82) is 0 Å². The molecule has 5 heteroatoms. The largest absolute Gasteiger partial charge is 0.484 e. The van der Waals surface area contributed by atoms with E-state index in [4.69, 9.17) is 16.3 Å². The van der Waals surface area contributed by atoms with Crippen LogP contribution in [0.4, 0.5) is 0 Å². The van der Waals surface area contributed by atoms with Gasteiger partial charge in [0.15, 0.2) is 6.61 Å². The number of hydrogen-bond acceptors (Lipinski definition) is 3. The van der Waals surface area contributed by atoms with Crippen molar-refractivity contribution in [3.63, 3.8) is 0 Å². The van der Waals surface area contributed by atoms with Crippen molar-refractivity contribution in [2.45, 2.75) is 44.6 Å². The lowest BCUT2D eigenvalue weighted by Gasteiger charge is -2.36. The maximum atomic E-state index is 12.0. The maximum absolute atomic E-state index is 12.0. The molecule has 0 saturated heterocycles. The maximum Gasteiger partial charge on any atom is 0.258 e. The standard InChI is InChI=1S/C16H22ClNO3/c1-12-9-13(5-6-14(12)17)21-10-15(20)18-16(11-19)7-3-2-4-8-16/h5-6,9,19H,2-4,7-8,10-11H2,1H3,(H,18,20). The summed E-state index contributed by atoms with van der Waals surface area (Å²) in [4.78, 5) is 12.0. The second-order valence-electron chi connectivity index (χ2n) is 5.75. The normalized spacial score (nSPS) is 17.3. The summed E-state index contributed by atoms with van der Waals surface area (Å²) in [6.07, 6.45) is 4.90. The highest BCUT2D eigenvalue weighted by Gasteiger charge is 2.32. The molecule has 1 aliphatic carbocycles. The highest BCUT2D eigenvalue weighted by molar-refractivity contribution is 6.31. The van der Waals surface area contributed by atoms with E-state index in [-0.39, 0.29) is 19.1 Å². The number of hydrogen-bond donors (Lipinski definition) is 2. The van der Waals surface area contributed by atoms with Gasteiger partial charge >= 0.3 is 0 Å². The molecule has 1 amide bonds. The fourth-order valence-electron chi connectivity index (χ4n) is 2.74. The average molecular weight is 312 g/mol.